The molecular formula is C16H24N2O. The third-order valence-corrected chi connectivity index (χ3v) is 3.96. The van der Waals surface area contributed by atoms with Crippen LogP contribution in [0.4, 0.5) is 0 Å². The second-order valence-electron chi connectivity index (χ2n) is 5.80. The summed E-state index contributed by atoms with van der Waals surface area (Å²) in [7, 11) is 0. The number of carbonyl (C=O) groups excluding carboxylic acids is 1. The zero-order chi connectivity index (χ0) is 13.9. The van der Waals surface area contributed by atoms with Gasteiger partial charge in [-0.25, -0.2) is 0 Å². The highest BCUT2D eigenvalue weighted by Crippen LogP contribution is 2.27. The molecule has 3 nitrogen and oxygen atoms in total. The molecule has 1 aromatic rings. The second kappa shape index (κ2) is 5.74. The van der Waals surface area contributed by atoms with Crippen molar-refractivity contribution in [1.82, 2.24) is 10.2 Å². The Kier molecular flexibility index (Phi) is 4.25. The lowest BCUT2D eigenvalue weighted by atomic mass is 9.82. The van der Waals surface area contributed by atoms with Gasteiger partial charge in [-0.15, -0.1) is 0 Å². The molecule has 0 saturated carbocycles. The van der Waals surface area contributed by atoms with E-state index in [2.05, 4.69) is 17.1 Å². The van der Waals surface area contributed by atoms with Gasteiger partial charge in [-0.05, 0) is 25.8 Å². The van der Waals surface area contributed by atoms with Crippen molar-refractivity contribution >= 4 is 5.91 Å². The number of rotatable bonds is 5. The summed E-state index contributed by atoms with van der Waals surface area (Å²) >= 11 is 0. The fourth-order valence-electron chi connectivity index (χ4n) is 2.52. The number of nitrogens with zero attached hydrogens (tertiary/aromatic N) is 1. The van der Waals surface area contributed by atoms with Gasteiger partial charge in [0.1, 0.15) is 0 Å². The van der Waals surface area contributed by atoms with Gasteiger partial charge >= 0.3 is 0 Å². The highest BCUT2D eigenvalue weighted by Gasteiger charge is 2.37. The normalized spacial score (nSPS) is 15.9. The number of carbonyl (C=O) groups is 1. The van der Waals surface area contributed by atoms with E-state index < -0.39 is 5.41 Å². The van der Waals surface area contributed by atoms with Crippen molar-refractivity contribution in [2.24, 2.45) is 0 Å². The van der Waals surface area contributed by atoms with E-state index in [-0.39, 0.29) is 5.91 Å². The molecule has 3 heteroatoms. The van der Waals surface area contributed by atoms with Crippen LogP contribution in [0.1, 0.15) is 32.8 Å². The molecule has 1 amide bonds. The third kappa shape index (κ3) is 2.81. The van der Waals surface area contributed by atoms with Gasteiger partial charge in [0.2, 0.25) is 5.91 Å². The van der Waals surface area contributed by atoms with Gasteiger partial charge in [-0.2, -0.15) is 0 Å². The Morgan fingerprint density at radius 3 is 2.42 bits per heavy atom. The Labute approximate surface area is 116 Å². The van der Waals surface area contributed by atoms with Crippen LogP contribution in [-0.4, -0.2) is 36.5 Å². The minimum absolute atomic E-state index is 0.243. The highest BCUT2D eigenvalue weighted by molar-refractivity contribution is 5.87. The lowest BCUT2D eigenvalue weighted by Gasteiger charge is -2.42. The molecule has 104 valence electrons. The maximum Gasteiger partial charge on any atom is 0.232 e. The summed E-state index contributed by atoms with van der Waals surface area (Å²) < 4.78 is 0. The van der Waals surface area contributed by atoms with Crippen LogP contribution in [-0.2, 0) is 10.2 Å². The Balaban J connectivity index is 2.20. The average Bonchev–Trinajstić information content (AvgIpc) is 2.36. The van der Waals surface area contributed by atoms with Crippen LogP contribution in [0.25, 0.3) is 0 Å². The van der Waals surface area contributed by atoms with Crippen molar-refractivity contribution in [3.63, 3.8) is 0 Å². The van der Waals surface area contributed by atoms with Crippen LogP contribution >= 0.6 is 0 Å². The van der Waals surface area contributed by atoms with Crippen molar-refractivity contribution in [3.05, 3.63) is 35.9 Å². The van der Waals surface area contributed by atoms with Crippen LogP contribution in [0.15, 0.2) is 30.3 Å². The predicted molar refractivity (Wildman–Crippen MR) is 78.1 cm³/mol. The van der Waals surface area contributed by atoms with Gasteiger partial charge in [-0.3, -0.25) is 4.79 Å². The van der Waals surface area contributed by atoms with Crippen LogP contribution in [0.3, 0.4) is 0 Å². The Hall–Kier alpha value is -1.35. The molecule has 0 atom stereocenters. The third-order valence-electron chi connectivity index (χ3n) is 3.96. The molecule has 0 bridgehead atoms. The SMILES string of the molecule is CCCN(C(=O)C(C)(C)c1ccccc1)C1CNC1. The molecule has 1 N–H and O–H groups in total. The fourth-order valence-corrected chi connectivity index (χ4v) is 2.52. The van der Waals surface area contributed by atoms with E-state index >= 15 is 0 Å². The topological polar surface area (TPSA) is 32.3 Å². The van der Waals surface area contributed by atoms with E-state index in [9.17, 15) is 4.79 Å². The zero-order valence-corrected chi connectivity index (χ0v) is 12.1. The van der Waals surface area contributed by atoms with Gasteiger partial charge in [0, 0.05) is 19.6 Å². The smallest absolute Gasteiger partial charge is 0.232 e. The summed E-state index contributed by atoms with van der Waals surface area (Å²) in [5.41, 5.74) is 0.639. The standard InChI is InChI=1S/C16H24N2O/c1-4-10-18(14-11-17-12-14)15(19)16(2,3)13-8-6-5-7-9-13/h5-9,14,17H,4,10-12H2,1-3H3. The van der Waals surface area contributed by atoms with Gasteiger partial charge in [0.25, 0.3) is 0 Å². The van der Waals surface area contributed by atoms with E-state index in [0.717, 1.165) is 31.6 Å². The van der Waals surface area contributed by atoms with Crippen LogP contribution in [0, 0.1) is 0 Å². The summed E-state index contributed by atoms with van der Waals surface area (Å²) in [6.45, 7) is 8.88. The van der Waals surface area contributed by atoms with Crippen molar-refractivity contribution in [2.45, 2.75) is 38.6 Å². The summed E-state index contributed by atoms with van der Waals surface area (Å²) in [5.74, 6) is 0.243. The molecule has 1 aliphatic rings. The molecule has 0 radical (unpaired) electrons. The number of benzene rings is 1. The van der Waals surface area contributed by atoms with Gasteiger partial charge in [0.05, 0.1) is 11.5 Å². The lowest BCUT2D eigenvalue weighted by Crippen LogP contribution is -2.61. The van der Waals surface area contributed by atoms with Crippen molar-refractivity contribution in [3.8, 4) is 0 Å². The number of nitrogens with one attached hydrogen (secondary N) is 1. The molecule has 2 rings (SSSR count). The van der Waals surface area contributed by atoms with E-state index in [1.165, 1.54) is 0 Å². The fraction of sp³-hybridized carbons (Fsp3) is 0.562. The first-order chi connectivity index (χ1) is 9.07. The van der Waals surface area contributed by atoms with Gasteiger partial charge in [0.15, 0.2) is 0 Å². The number of amides is 1. The molecule has 0 spiro atoms. The Morgan fingerprint density at radius 1 is 1.32 bits per heavy atom. The predicted octanol–water partition coefficient (Wildman–Crippen LogP) is 2.17. The minimum Gasteiger partial charge on any atom is -0.336 e. The summed E-state index contributed by atoms with van der Waals surface area (Å²) in [6, 6.07) is 10.4. The van der Waals surface area contributed by atoms with Crippen LogP contribution < -0.4 is 5.32 Å². The molecule has 1 heterocycles. The quantitative estimate of drug-likeness (QED) is 0.880. The van der Waals surface area contributed by atoms with Gasteiger partial charge < -0.3 is 10.2 Å². The maximum absolute atomic E-state index is 12.9. The minimum atomic E-state index is -0.452. The molecule has 1 saturated heterocycles. The lowest BCUT2D eigenvalue weighted by molar-refractivity contribution is -0.139. The Morgan fingerprint density at radius 2 is 1.95 bits per heavy atom. The first-order valence-electron chi connectivity index (χ1n) is 7.14. The average molecular weight is 260 g/mol. The number of hydrogen-bond donors (Lipinski definition) is 1. The second-order valence-corrected chi connectivity index (χ2v) is 5.80. The largest absolute Gasteiger partial charge is 0.336 e. The zero-order valence-electron chi connectivity index (χ0n) is 12.1. The van der Waals surface area contributed by atoms with Crippen molar-refractivity contribution in [1.29, 1.82) is 0 Å². The van der Waals surface area contributed by atoms with Crippen molar-refractivity contribution in [2.75, 3.05) is 19.6 Å². The molecule has 0 unspecified atom stereocenters. The first-order valence-corrected chi connectivity index (χ1v) is 7.14. The molecule has 0 aliphatic carbocycles. The van der Waals surface area contributed by atoms with E-state index in [1.54, 1.807) is 0 Å². The summed E-state index contributed by atoms with van der Waals surface area (Å²) in [6.07, 6.45) is 1.01. The monoisotopic (exact) mass is 260 g/mol. The molecule has 1 fully saturated rings. The number of hydrogen-bond acceptors (Lipinski definition) is 2. The van der Waals surface area contributed by atoms with E-state index in [1.807, 2.05) is 44.2 Å². The van der Waals surface area contributed by atoms with E-state index in [4.69, 9.17) is 0 Å². The maximum atomic E-state index is 12.9. The summed E-state index contributed by atoms with van der Waals surface area (Å²) in [4.78, 5) is 14.9. The molecule has 1 aromatic carbocycles. The molecule has 0 aromatic heterocycles. The molecular weight excluding hydrogens is 236 g/mol. The van der Waals surface area contributed by atoms with E-state index in [0.29, 0.717) is 6.04 Å². The van der Waals surface area contributed by atoms with Gasteiger partial charge in [-0.1, -0.05) is 37.3 Å². The molecule has 19 heavy (non-hydrogen) atoms. The first kappa shape index (κ1) is 14.1. The Bertz CT molecular complexity index is 424. The highest BCUT2D eigenvalue weighted by atomic mass is 16.2. The summed E-state index contributed by atoms with van der Waals surface area (Å²) in [5, 5.41) is 3.25. The van der Waals surface area contributed by atoms with Crippen LogP contribution in [0.5, 0.6) is 0 Å². The van der Waals surface area contributed by atoms with Crippen molar-refractivity contribution < 1.29 is 4.79 Å². The van der Waals surface area contributed by atoms with Crippen LogP contribution in [0.2, 0.25) is 0 Å². The molecule has 1 aliphatic heterocycles.